The molecule has 1 aliphatic carbocycles. The van der Waals surface area contributed by atoms with Crippen molar-refractivity contribution >= 4 is 18.0 Å². The predicted octanol–water partition coefficient (Wildman–Crippen LogP) is 3.61. The summed E-state index contributed by atoms with van der Waals surface area (Å²) in [6, 6.07) is 11.3. The Hall–Kier alpha value is -3.16. The molecule has 0 bridgehead atoms. The second-order valence-corrected chi connectivity index (χ2v) is 11.0. The quantitative estimate of drug-likeness (QED) is 0.374. The van der Waals surface area contributed by atoms with Gasteiger partial charge in [0, 0.05) is 19.6 Å². The Labute approximate surface area is 238 Å². The molecule has 2 aliphatic heterocycles. The molecule has 2 N–H and O–H groups in total. The van der Waals surface area contributed by atoms with Gasteiger partial charge in [-0.2, -0.15) is 5.26 Å². The number of amides is 2. The van der Waals surface area contributed by atoms with Gasteiger partial charge < -0.3 is 24.6 Å². The van der Waals surface area contributed by atoms with E-state index in [1.54, 1.807) is 11.8 Å². The third-order valence-electron chi connectivity index (χ3n) is 8.35. The number of carbonyl (C=O) groups is 2. The van der Waals surface area contributed by atoms with Crippen molar-refractivity contribution in [1.29, 1.82) is 5.26 Å². The van der Waals surface area contributed by atoms with Crippen molar-refractivity contribution in [2.45, 2.75) is 76.4 Å². The summed E-state index contributed by atoms with van der Waals surface area (Å²) >= 11 is 0. The SMILES string of the molecule is CCOC(=O)NC(=NC(CC1CCCCC1)C(=O)N(C(C)c1ccccc1)C1(C#N)CCNC1)N1CCOCC1. The van der Waals surface area contributed by atoms with Crippen LogP contribution in [-0.2, 0) is 14.3 Å². The molecule has 3 aliphatic rings. The van der Waals surface area contributed by atoms with Crippen LogP contribution in [0.15, 0.2) is 35.3 Å². The van der Waals surface area contributed by atoms with Crippen LogP contribution in [0.2, 0.25) is 0 Å². The Balaban J connectivity index is 1.75. The molecule has 0 radical (unpaired) electrons. The molecule has 2 saturated heterocycles. The van der Waals surface area contributed by atoms with Crippen LogP contribution >= 0.6 is 0 Å². The molecule has 1 aromatic carbocycles. The number of rotatable bonds is 8. The first-order valence-corrected chi connectivity index (χ1v) is 14.8. The minimum atomic E-state index is -0.986. The first-order chi connectivity index (χ1) is 19.5. The molecule has 0 spiro atoms. The Morgan fingerprint density at radius 3 is 2.60 bits per heavy atom. The fourth-order valence-corrected chi connectivity index (χ4v) is 6.17. The number of ether oxygens (including phenoxy) is 2. The minimum absolute atomic E-state index is 0.177. The number of benzene rings is 1. The van der Waals surface area contributed by atoms with Crippen molar-refractivity contribution in [2.24, 2.45) is 10.9 Å². The first kappa shape index (κ1) is 29.8. The number of aliphatic imine (C=N–C) groups is 1. The van der Waals surface area contributed by atoms with E-state index in [0.717, 1.165) is 31.2 Å². The largest absolute Gasteiger partial charge is 0.450 e. The smallest absolute Gasteiger partial charge is 0.413 e. The van der Waals surface area contributed by atoms with Gasteiger partial charge in [-0.1, -0.05) is 62.4 Å². The summed E-state index contributed by atoms with van der Waals surface area (Å²) in [7, 11) is 0. The zero-order chi connectivity index (χ0) is 28.4. The monoisotopic (exact) mass is 552 g/mol. The van der Waals surface area contributed by atoms with E-state index in [4.69, 9.17) is 14.5 Å². The number of nitrogens with one attached hydrogen (secondary N) is 2. The number of alkyl carbamates (subject to hydrolysis) is 1. The summed E-state index contributed by atoms with van der Waals surface area (Å²) in [6.07, 6.45) is 6.12. The molecule has 3 fully saturated rings. The van der Waals surface area contributed by atoms with Gasteiger partial charge in [0.05, 0.1) is 31.9 Å². The number of carbonyl (C=O) groups excluding carboxylic acids is 2. The molecule has 4 rings (SSSR count). The Kier molecular flexibility index (Phi) is 10.8. The van der Waals surface area contributed by atoms with Crippen LogP contribution in [0, 0.1) is 17.2 Å². The lowest BCUT2D eigenvalue weighted by Crippen LogP contribution is -2.57. The van der Waals surface area contributed by atoms with E-state index in [2.05, 4.69) is 16.7 Å². The van der Waals surface area contributed by atoms with Crippen molar-refractivity contribution in [2.75, 3.05) is 46.0 Å². The molecule has 3 unspecified atom stereocenters. The fraction of sp³-hybridized carbons (Fsp3) is 0.667. The van der Waals surface area contributed by atoms with Gasteiger partial charge in [-0.05, 0) is 44.7 Å². The third kappa shape index (κ3) is 7.32. The maximum Gasteiger partial charge on any atom is 0.413 e. The molecule has 10 heteroatoms. The Morgan fingerprint density at radius 1 is 1.25 bits per heavy atom. The minimum Gasteiger partial charge on any atom is -0.450 e. The van der Waals surface area contributed by atoms with E-state index >= 15 is 0 Å². The lowest BCUT2D eigenvalue weighted by molar-refractivity contribution is -0.140. The van der Waals surface area contributed by atoms with Crippen LogP contribution in [0.3, 0.4) is 0 Å². The molecule has 0 aromatic heterocycles. The van der Waals surface area contributed by atoms with Crippen molar-refractivity contribution in [3.63, 3.8) is 0 Å². The summed E-state index contributed by atoms with van der Waals surface area (Å²) in [5, 5.41) is 16.6. The van der Waals surface area contributed by atoms with E-state index in [-0.39, 0.29) is 18.6 Å². The molecule has 218 valence electrons. The number of morpholine rings is 1. The Morgan fingerprint density at radius 2 is 1.98 bits per heavy atom. The van der Waals surface area contributed by atoms with E-state index < -0.39 is 17.7 Å². The van der Waals surface area contributed by atoms with Gasteiger partial charge in [-0.15, -0.1) is 0 Å². The number of hydrogen-bond acceptors (Lipinski definition) is 7. The number of nitrogens with zero attached hydrogens (tertiary/aromatic N) is 4. The molecule has 40 heavy (non-hydrogen) atoms. The van der Waals surface area contributed by atoms with Crippen molar-refractivity contribution in [3.8, 4) is 6.07 Å². The van der Waals surface area contributed by atoms with Gasteiger partial charge in [-0.25, -0.2) is 9.79 Å². The average molecular weight is 553 g/mol. The highest BCUT2D eigenvalue weighted by Gasteiger charge is 2.47. The van der Waals surface area contributed by atoms with Crippen molar-refractivity contribution in [1.82, 2.24) is 20.4 Å². The molecular formula is C30H44N6O4. The highest BCUT2D eigenvalue weighted by atomic mass is 16.5. The van der Waals surface area contributed by atoms with Crippen molar-refractivity contribution < 1.29 is 19.1 Å². The van der Waals surface area contributed by atoms with Crippen LogP contribution in [0.25, 0.3) is 0 Å². The normalized spacial score (nSPS) is 23.6. The lowest BCUT2D eigenvalue weighted by Gasteiger charge is -2.42. The van der Waals surface area contributed by atoms with Crippen molar-refractivity contribution in [3.05, 3.63) is 35.9 Å². The van der Waals surface area contributed by atoms with Crippen LogP contribution < -0.4 is 10.6 Å². The van der Waals surface area contributed by atoms with Crippen LogP contribution in [0.4, 0.5) is 4.79 Å². The zero-order valence-corrected chi connectivity index (χ0v) is 23.9. The van der Waals surface area contributed by atoms with E-state index in [0.29, 0.717) is 64.1 Å². The average Bonchev–Trinajstić information content (AvgIpc) is 3.48. The zero-order valence-electron chi connectivity index (χ0n) is 23.9. The van der Waals surface area contributed by atoms with Gasteiger partial charge in [0.25, 0.3) is 0 Å². The molecule has 10 nitrogen and oxygen atoms in total. The first-order valence-electron chi connectivity index (χ1n) is 14.8. The van der Waals surface area contributed by atoms with E-state index in [1.807, 2.05) is 42.2 Å². The molecule has 1 aromatic rings. The van der Waals surface area contributed by atoms with Gasteiger partial charge in [0.2, 0.25) is 11.9 Å². The number of nitriles is 1. The summed E-state index contributed by atoms with van der Waals surface area (Å²) in [6.45, 7) is 7.15. The molecule has 2 amide bonds. The summed E-state index contributed by atoms with van der Waals surface area (Å²) in [4.78, 5) is 36.0. The number of hydrogen-bond donors (Lipinski definition) is 2. The Bertz CT molecular complexity index is 1040. The van der Waals surface area contributed by atoms with Gasteiger partial charge in [0.1, 0.15) is 11.6 Å². The second kappa shape index (κ2) is 14.5. The standard InChI is InChI=1S/C30H44N6O4/c1-3-40-29(38)34-28(35-16-18-39-19-17-35)33-26(20-24-10-6-4-7-11-24)27(37)36(30(21-31)14-15-32-22-30)23(2)25-12-8-5-9-13-25/h5,8-9,12-13,23-24,26,32H,3-4,6-7,10-11,14-20,22H2,1-2H3,(H,33,34,38). The van der Waals surface area contributed by atoms with E-state index in [9.17, 15) is 14.9 Å². The fourth-order valence-electron chi connectivity index (χ4n) is 6.17. The predicted molar refractivity (Wildman–Crippen MR) is 152 cm³/mol. The molecule has 2 heterocycles. The summed E-state index contributed by atoms with van der Waals surface area (Å²) in [5.74, 6) is 0.510. The highest BCUT2D eigenvalue weighted by molar-refractivity contribution is 5.96. The van der Waals surface area contributed by atoms with Gasteiger partial charge >= 0.3 is 6.09 Å². The third-order valence-corrected chi connectivity index (χ3v) is 8.35. The van der Waals surface area contributed by atoms with Crippen LogP contribution in [-0.4, -0.2) is 85.3 Å². The summed E-state index contributed by atoms with van der Waals surface area (Å²) in [5.41, 5.74) is -0.0174. The highest BCUT2D eigenvalue weighted by Crippen LogP contribution is 2.35. The van der Waals surface area contributed by atoms with Crippen LogP contribution in [0.1, 0.15) is 70.4 Å². The maximum atomic E-state index is 14.8. The van der Waals surface area contributed by atoms with E-state index in [1.165, 1.54) is 6.42 Å². The topological polar surface area (TPSA) is 119 Å². The molecule has 3 atom stereocenters. The molecular weight excluding hydrogens is 508 g/mol. The molecule has 1 saturated carbocycles. The summed E-state index contributed by atoms with van der Waals surface area (Å²) < 4.78 is 10.7. The van der Waals surface area contributed by atoms with Gasteiger partial charge in [-0.3, -0.25) is 10.1 Å². The maximum absolute atomic E-state index is 14.8. The number of guanidine groups is 1. The van der Waals surface area contributed by atoms with Crippen LogP contribution in [0.5, 0.6) is 0 Å². The second-order valence-electron chi connectivity index (χ2n) is 11.0. The van der Waals surface area contributed by atoms with Gasteiger partial charge in [0.15, 0.2) is 0 Å². The lowest BCUT2D eigenvalue weighted by atomic mass is 9.84.